The normalized spacial score (nSPS) is 20.5. The van der Waals surface area contributed by atoms with E-state index in [9.17, 15) is 24.5 Å². The zero-order valence-corrected chi connectivity index (χ0v) is 21.9. The maximum atomic E-state index is 14.3. The molecular weight excluding hydrogens is 538 g/mol. The molecule has 2 N–H and O–H groups in total. The van der Waals surface area contributed by atoms with E-state index < -0.39 is 40.7 Å². The lowest BCUT2D eigenvalue weighted by atomic mass is 9.78. The molecule has 196 valence electrons. The van der Waals surface area contributed by atoms with Crippen molar-refractivity contribution in [1.82, 2.24) is 4.90 Å². The Kier molecular flexibility index (Phi) is 7.28. The number of carbonyl (C=O) groups is 3. The number of non-ortho nitro benzene ring substituents is 1. The highest BCUT2D eigenvalue weighted by Crippen LogP contribution is 2.52. The quantitative estimate of drug-likeness (QED) is 0.178. The van der Waals surface area contributed by atoms with Crippen molar-refractivity contribution < 1.29 is 19.3 Å². The van der Waals surface area contributed by atoms with Gasteiger partial charge in [0, 0.05) is 39.1 Å². The van der Waals surface area contributed by atoms with Gasteiger partial charge in [-0.3, -0.25) is 24.5 Å². The van der Waals surface area contributed by atoms with Crippen LogP contribution in [0, 0.1) is 16.0 Å². The maximum absolute atomic E-state index is 14.3. The zero-order chi connectivity index (χ0) is 27.7. The number of carbonyl (C=O) groups excluding carboxylic acids is 3. The van der Waals surface area contributed by atoms with Crippen LogP contribution in [0.1, 0.15) is 43.1 Å². The van der Waals surface area contributed by atoms with Gasteiger partial charge in [0.25, 0.3) is 11.6 Å². The van der Waals surface area contributed by atoms with Gasteiger partial charge in [-0.05, 0) is 41.3 Å². The minimum Gasteiger partial charge on any atom is -0.368 e. The predicted molar refractivity (Wildman–Crippen MR) is 148 cm³/mol. The topological polar surface area (TPSA) is 124 Å². The molecule has 1 aromatic heterocycles. The first-order valence-electron chi connectivity index (χ1n) is 12.0. The number of nitro benzene ring substituents is 1. The van der Waals surface area contributed by atoms with Crippen LogP contribution in [0.2, 0.25) is 5.02 Å². The lowest BCUT2D eigenvalue weighted by Crippen LogP contribution is -2.46. The first-order chi connectivity index (χ1) is 18.8. The van der Waals surface area contributed by atoms with Gasteiger partial charge >= 0.3 is 0 Å². The highest BCUT2D eigenvalue weighted by Gasteiger charge is 2.57. The standard InChI is InChI=1S/C29H22ClN3O5S/c30-20-11-4-10-19(15-20)27(34)24-23(22-13-6-14-39-22)26(28(31)35)32(29(36)17-7-2-1-3-8-17)25(24)18-9-5-12-21(16-18)33(37)38/h1-16,23-26H,(H2,31,35). The summed E-state index contributed by atoms with van der Waals surface area (Å²) >= 11 is 7.56. The molecule has 5 rings (SSSR count). The van der Waals surface area contributed by atoms with E-state index in [1.807, 2.05) is 5.38 Å². The van der Waals surface area contributed by atoms with Crippen LogP contribution in [0.25, 0.3) is 0 Å². The molecule has 4 unspecified atom stereocenters. The number of rotatable bonds is 7. The molecule has 1 saturated heterocycles. The Bertz CT molecular complexity index is 1560. The Morgan fingerprint density at radius 3 is 2.26 bits per heavy atom. The van der Waals surface area contributed by atoms with Crippen molar-refractivity contribution >= 4 is 46.2 Å². The van der Waals surface area contributed by atoms with E-state index in [1.54, 1.807) is 66.7 Å². The second-order valence-electron chi connectivity index (χ2n) is 9.16. The SMILES string of the molecule is NC(=O)C1C(c2cccs2)C(C(=O)c2cccc(Cl)c2)C(c2cccc([N+](=O)[O-])c2)N1C(=O)c1ccccc1. The van der Waals surface area contributed by atoms with Gasteiger partial charge in [-0.2, -0.15) is 0 Å². The second kappa shape index (κ2) is 10.8. The van der Waals surface area contributed by atoms with Crippen molar-refractivity contribution in [3.63, 3.8) is 0 Å². The van der Waals surface area contributed by atoms with Gasteiger partial charge in [-0.1, -0.05) is 60.1 Å². The molecular formula is C29H22ClN3O5S. The molecule has 2 amide bonds. The van der Waals surface area contributed by atoms with Crippen molar-refractivity contribution in [2.75, 3.05) is 0 Å². The van der Waals surface area contributed by atoms with Crippen LogP contribution in [-0.2, 0) is 4.79 Å². The smallest absolute Gasteiger partial charge is 0.269 e. The number of benzene rings is 3. The number of Topliss-reactive ketones (excluding diaryl/α,β-unsaturated/α-hetero) is 1. The van der Waals surface area contributed by atoms with Crippen LogP contribution in [0.5, 0.6) is 0 Å². The van der Waals surface area contributed by atoms with Crippen molar-refractivity contribution in [3.05, 3.63) is 133 Å². The van der Waals surface area contributed by atoms with Gasteiger partial charge in [0.05, 0.1) is 16.9 Å². The number of halogens is 1. The summed E-state index contributed by atoms with van der Waals surface area (Å²) in [6, 6.07) is 21.9. The molecule has 0 saturated carbocycles. The summed E-state index contributed by atoms with van der Waals surface area (Å²) in [7, 11) is 0. The van der Waals surface area contributed by atoms with E-state index in [0.717, 1.165) is 0 Å². The summed E-state index contributed by atoms with van der Waals surface area (Å²) in [6.45, 7) is 0. The van der Waals surface area contributed by atoms with E-state index in [4.69, 9.17) is 17.3 Å². The van der Waals surface area contributed by atoms with Crippen molar-refractivity contribution in [2.24, 2.45) is 11.7 Å². The van der Waals surface area contributed by atoms with Gasteiger partial charge in [0.15, 0.2) is 5.78 Å². The minimum atomic E-state index is -1.20. The molecule has 8 nitrogen and oxygen atoms in total. The Morgan fingerprint density at radius 2 is 1.62 bits per heavy atom. The average Bonchev–Trinajstić information content (AvgIpc) is 3.59. The van der Waals surface area contributed by atoms with E-state index in [0.29, 0.717) is 26.6 Å². The summed E-state index contributed by atoms with van der Waals surface area (Å²) in [5.74, 6) is -3.45. The number of likely N-dealkylation sites (tertiary alicyclic amines) is 1. The van der Waals surface area contributed by atoms with Crippen molar-refractivity contribution in [1.29, 1.82) is 0 Å². The van der Waals surface area contributed by atoms with Gasteiger partial charge in [0.1, 0.15) is 6.04 Å². The first-order valence-corrected chi connectivity index (χ1v) is 13.3. The van der Waals surface area contributed by atoms with E-state index in [-0.39, 0.29) is 11.5 Å². The van der Waals surface area contributed by atoms with Gasteiger partial charge < -0.3 is 10.6 Å². The Labute approximate surface area is 232 Å². The number of amides is 2. The molecule has 39 heavy (non-hydrogen) atoms. The van der Waals surface area contributed by atoms with Gasteiger partial charge in [-0.15, -0.1) is 11.3 Å². The molecule has 3 aromatic carbocycles. The molecule has 0 bridgehead atoms. The fraction of sp³-hybridized carbons (Fsp3) is 0.138. The Hall–Kier alpha value is -4.34. The van der Waals surface area contributed by atoms with Crippen LogP contribution < -0.4 is 5.73 Å². The van der Waals surface area contributed by atoms with Crippen LogP contribution in [0.4, 0.5) is 5.69 Å². The average molecular weight is 560 g/mol. The molecule has 1 aliphatic rings. The number of thiophene rings is 1. The largest absolute Gasteiger partial charge is 0.368 e. The van der Waals surface area contributed by atoms with Crippen LogP contribution in [-0.4, -0.2) is 33.5 Å². The number of hydrogen-bond acceptors (Lipinski definition) is 6. The molecule has 0 radical (unpaired) electrons. The number of nitrogens with zero attached hydrogens (tertiary/aromatic N) is 2. The van der Waals surface area contributed by atoms with E-state index >= 15 is 0 Å². The molecule has 4 atom stereocenters. The number of hydrogen-bond donors (Lipinski definition) is 1. The van der Waals surface area contributed by atoms with Crippen molar-refractivity contribution in [2.45, 2.75) is 18.0 Å². The highest BCUT2D eigenvalue weighted by atomic mass is 35.5. The monoisotopic (exact) mass is 559 g/mol. The number of nitrogens with two attached hydrogens (primary N) is 1. The molecule has 1 fully saturated rings. The van der Waals surface area contributed by atoms with E-state index in [1.165, 1.54) is 40.5 Å². The lowest BCUT2D eigenvalue weighted by molar-refractivity contribution is -0.385. The Morgan fingerprint density at radius 1 is 0.897 bits per heavy atom. The summed E-state index contributed by atoms with van der Waals surface area (Å²) in [4.78, 5) is 54.7. The lowest BCUT2D eigenvalue weighted by Gasteiger charge is -2.31. The molecule has 0 aliphatic carbocycles. The molecule has 0 spiro atoms. The molecule has 4 aromatic rings. The fourth-order valence-corrected chi connectivity index (χ4v) is 6.45. The first kappa shape index (κ1) is 26.3. The second-order valence-corrected chi connectivity index (χ2v) is 10.6. The van der Waals surface area contributed by atoms with Crippen LogP contribution in [0.15, 0.2) is 96.4 Å². The zero-order valence-electron chi connectivity index (χ0n) is 20.3. The third-order valence-electron chi connectivity index (χ3n) is 6.92. The van der Waals surface area contributed by atoms with Gasteiger partial charge in [0.2, 0.25) is 5.91 Å². The van der Waals surface area contributed by atoms with Crippen molar-refractivity contribution in [3.8, 4) is 0 Å². The predicted octanol–water partition coefficient (Wildman–Crippen LogP) is 5.64. The molecule has 2 heterocycles. The number of ketones is 1. The number of nitro groups is 1. The highest BCUT2D eigenvalue weighted by molar-refractivity contribution is 7.10. The van der Waals surface area contributed by atoms with Crippen LogP contribution in [0.3, 0.4) is 0 Å². The molecule has 10 heteroatoms. The number of primary amides is 1. The minimum absolute atomic E-state index is 0.205. The molecule has 1 aliphatic heterocycles. The fourth-order valence-electron chi connectivity index (χ4n) is 5.35. The third-order valence-corrected chi connectivity index (χ3v) is 8.13. The van der Waals surface area contributed by atoms with E-state index in [2.05, 4.69) is 0 Å². The van der Waals surface area contributed by atoms with Gasteiger partial charge in [-0.25, -0.2) is 0 Å². The van der Waals surface area contributed by atoms with Crippen LogP contribution >= 0.6 is 22.9 Å². The third kappa shape index (κ3) is 4.94. The summed E-state index contributed by atoms with van der Waals surface area (Å²) in [5.41, 5.74) is 6.70. The summed E-state index contributed by atoms with van der Waals surface area (Å²) < 4.78 is 0. The maximum Gasteiger partial charge on any atom is 0.269 e. The summed E-state index contributed by atoms with van der Waals surface area (Å²) in [6.07, 6.45) is 0. The summed E-state index contributed by atoms with van der Waals surface area (Å²) in [5, 5.41) is 13.8. The Balaban J connectivity index is 1.79.